The van der Waals surface area contributed by atoms with E-state index < -0.39 is 0 Å². The molecule has 1 fully saturated rings. The van der Waals surface area contributed by atoms with Crippen molar-refractivity contribution in [3.05, 3.63) is 41.5 Å². The molecule has 2 heterocycles. The minimum absolute atomic E-state index is 0.441. The molecular weight excluding hydrogens is 300 g/mol. The number of rotatable bonds is 6. The van der Waals surface area contributed by atoms with Crippen LogP contribution in [0.25, 0.3) is 11.1 Å². The largest absolute Gasteiger partial charge is 0.441 e. The van der Waals surface area contributed by atoms with Crippen LogP contribution in [0.15, 0.2) is 28.8 Å². The van der Waals surface area contributed by atoms with Crippen LogP contribution in [-0.4, -0.2) is 14.8 Å². The molecule has 1 atom stereocenters. The Balaban J connectivity index is 1.60. The minimum atomic E-state index is 0.441. The summed E-state index contributed by atoms with van der Waals surface area (Å²) in [4.78, 5) is 4.41. The van der Waals surface area contributed by atoms with E-state index in [2.05, 4.69) is 40.0 Å². The Morgan fingerprint density at radius 1 is 1.38 bits per heavy atom. The summed E-state index contributed by atoms with van der Waals surface area (Å²) in [6.45, 7) is 7.06. The van der Waals surface area contributed by atoms with Crippen molar-refractivity contribution < 1.29 is 4.42 Å². The van der Waals surface area contributed by atoms with Crippen LogP contribution >= 0.6 is 0 Å². The Morgan fingerprint density at radius 3 is 2.96 bits per heavy atom. The molecule has 0 spiro atoms. The Bertz CT molecular complexity index is 860. The maximum absolute atomic E-state index is 5.77. The molecule has 4 rings (SSSR count). The molecule has 0 amide bonds. The van der Waals surface area contributed by atoms with E-state index in [-0.39, 0.29) is 0 Å². The monoisotopic (exact) mass is 324 g/mol. The summed E-state index contributed by atoms with van der Waals surface area (Å²) in [7, 11) is 0. The highest BCUT2D eigenvalue weighted by Gasteiger charge is 2.31. The molecule has 1 saturated carbocycles. The van der Waals surface area contributed by atoms with E-state index in [1.54, 1.807) is 0 Å². The average molecular weight is 324 g/mol. The molecule has 0 aliphatic heterocycles. The van der Waals surface area contributed by atoms with Crippen LogP contribution in [0.5, 0.6) is 0 Å². The molecule has 1 aromatic carbocycles. The SMILES string of the molecule is CCC(C)n1ncc(NCc2cccc3nc(C)oc23)c1C1CC1. The molecule has 0 saturated heterocycles. The van der Waals surface area contributed by atoms with Crippen LogP contribution in [0, 0.1) is 6.92 Å². The fraction of sp³-hybridized carbons (Fsp3) is 0.474. The van der Waals surface area contributed by atoms with Crippen molar-refractivity contribution in [3.63, 3.8) is 0 Å². The number of oxazole rings is 1. The number of hydrogen-bond acceptors (Lipinski definition) is 4. The van der Waals surface area contributed by atoms with E-state index >= 15 is 0 Å². The van der Waals surface area contributed by atoms with Gasteiger partial charge in [0.05, 0.1) is 17.6 Å². The zero-order valence-electron chi connectivity index (χ0n) is 14.5. The number of nitrogens with one attached hydrogen (secondary N) is 1. The summed E-state index contributed by atoms with van der Waals surface area (Å²) in [5.74, 6) is 1.37. The van der Waals surface area contributed by atoms with Gasteiger partial charge < -0.3 is 9.73 Å². The van der Waals surface area contributed by atoms with Gasteiger partial charge in [-0.2, -0.15) is 5.10 Å². The average Bonchev–Trinajstić information content (AvgIpc) is 3.21. The summed E-state index contributed by atoms with van der Waals surface area (Å²) in [6.07, 6.45) is 5.62. The molecule has 1 aliphatic carbocycles. The molecule has 1 unspecified atom stereocenters. The lowest BCUT2D eigenvalue weighted by Crippen LogP contribution is -2.10. The molecule has 3 aromatic rings. The van der Waals surface area contributed by atoms with Crippen molar-refractivity contribution in [2.24, 2.45) is 0 Å². The normalized spacial score (nSPS) is 15.8. The third kappa shape index (κ3) is 2.68. The molecular formula is C19H24N4O. The van der Waals surface area contributed by atoms with Gasteiger partial charge >= 0.3 is 0 Å². The second-order valence-corrected chi connectivity index (χ2v) is 6.77. The molecule has 0 radical (unpaired) electrons. The van der Waals surface area contributed by atoms with E-state index in [4.69, 9.17) is 4.42 Å². The van der Waals surface area contributed by atoms with E-state index in [0.29, 0.717) is 17.9 Å². The first-order chi connectivity index (χ1) is 11.7. The van der Waals surface area contributed by atoms with Gasteiger partial charge in [0.25, 0.3) is 0 Å². The number of fused-ring (bicyclic) bond motifs is 1. The van der Waals surface area contributed by atoms with E-state index in [1.807, 2.05) is 25.3 Å². The Hall–Kier alpha value is -2.30. The Labute approximate surface area is 142 Å². The molecule has 24 heavy (non-hydrogen) atoms. The maximum Gasteiger partial charge on any atom is 0.192 e. The summed E-state index contributed by atoms with van der Waals surface area (Å²) in [5.41, 5.74) is 5.46. The lowest BCUT2D eigenvalue weighted by atomic mass is 10.1. The van der Waals surface area contributed by atoms with Crippen LogP contribution < -0.4 is 5.32 Å². The van der Waals surface area contributed by atoms with Crippen LogP contribution in [0.4, 0.5) is 5.69 Å². The topological polar surface area (TPSA) is 55.9 Å². The highest BCUT2D eigenvalue weighted by molar-refractivity contribution is 5.76. The zero-order valence-corrected chi connectivity index (χ0v) is 14.5. The van der Waals surface area contributed by atoms with Crippen molar-refractivity contribution in [2.75, 3.05) is 5.32 Å². The molecule has 5 heteroatoms. The first-order valence-corrected chi connectivity index (χ1v) is 8.83. The van der Waals surface area contributed by atoms with Gasteiger partial charge in [0, 0.05) is 31.0 Å². The quantitative estimate of drug-likeness (QED) is 0.708. The number of aromatic nitrogens is 3. The molecule has 126 valence electrons. The van der Waals surface area contributed by atoms with Crippen molar-refractivity contribution in [2.45, 2.75) is 58.5 Å². The van der Waals surface area contributed by atoms with Crippen molar-refractivity contribution >= 4 is 16.8 Å². The van der Waals surface area contributed by atoms with E-state index in [9.17, 15) is 0 Å². The summed E-state index contributed by atoms with van der Waals surface area (Å²) < 4.78 is 7.97. The summed E-state index contributed by atoms with van der Waals surface area (Å²) >= 11 is 0. The van der Waals surface area contributed by atoms with Gasteiger partial charge in [0.15, 0.2) is 11.5 Å². The third-order valence-electron chi connectivity index (χ3n) is 4.88. The van der Waals surface area contributed by atoms with Gasteiger partial charge in [-0.3, -0.25) is 4.68 Å². The predicted molar refractivity (Wildman–Crippen MR) is 95.3 cm³/mol. The Kier molecular flexibility index (Phi) is 3.79. The van der Waals surface area contributed by atoms with Gasteiger partial charge in [-0.25, -0.2) is 4.98 Å². The first-order valence-electron chi connectivity index (χ1n) is 8.83. The number of para-hydroxylation sites is 1. The van der Waals surface area contributed by atoms with Gasteiger partial charge in [-0.1, -0.05) is 19.1 Å². The number of benzene rings is 1. The standard InChI is InChI=1S/C19H24N4O/c1-4-12(2)23-18(14-8-9-14)17(11-21-23)20-10-15-6-5-7-16-19(15)24-13(3)22-16/h5-7,11-12,14,20H,4,8-10H2,1-3H3. The number of anilines is 1. The second-order valence-electron chi connectivity index (χ2n) is 6.77. The third-order valence-corrected chi connectivity index (χ3v) is 4.88. The van der Waals surface area contributed by atoms with E-state index in [1.165, 1.54) is 18.5 Å². The highest BCUT2D eigenvalue weighted by atomic mass is 16.3. The lowest BCUT2D eigenvalue weighted by Gasteiger charge is -2.15. The predicted octanol–water partition coefficient (Wildman–Crippen LogP) is 4.79. The fourth-order valence-corrected chi connectivity index (χ4v) is 3.24. The zero-order chi connectivity index (χ0) is 16.7. The number of hydrogen-bond donors (Lipinski definition) is 1. The van der Waals surface area contributed by atoms with Crippen molar-refractivity contribution in [3.8, 4) is 0 Å². The van der Waals surface area contributed by atoms with Gasteiger partial charge in [-0.15, -0.1) is 0 Å². The smallest absolute Gasteiger partial charge is 0.192 e. The first kappa shape index (κ1) is 15.2. The summed E-state index contributed by atoms with van der Waals surface area (Å²) in [5, 5.41) is 8.23. The van der Waals surface area contributed by atoms with Gasteiger partial charge in [0.1, 0.15) is 5.52 Å². The fourth-order valence-electron chi connectivity index (χ4n) is 3.24. The van der Waals surface area contributed by atoms with Crippen LogP contribution in [0.2, 0.25) is 0 Å². The van der Waals surface area contributed by atoms with Crippen LogP contribution in [-0.2, 0) is 6.54 Å². The number of aryl methyl sites for hydroxylation is 1. The second kappa shape index (κ2) is 5.96. The minimum Gasteiger partial charge on any atom is -0.441 e. The lowest BCUT2D eigenvalue weighted by molar-refractivity contribution is 0.461. The molecule has 1 N–H and O–H groups in total. The maximum atomic E-state index is 5.77. The van der Waals surface area contributed by atoms with Crippen LogP contribution in [0.1, 0.15) is 62.2 Å². The van der Waals surface area contributed by atoms with Crippen molar-refractivity contribution in [1.29, 1.82) is 0 Å². The van der Waals surface area contributed by atoms with Crippen LogP contribution in [0.3, 0.4) is 0 Å². The van der Waals surface area contributed by atoms with Gasteiger partial charge in [-0.05, 0) is 32.3 Å². The Morgan fingerprint density at radius 2 is 2.21 bits per heavy atom. The molecule has 5 nitrogen and oxygen atoms in total. The highest BCUT2D eigenvalue weighted by Crippen LogP contribution is 2.44. The molecule has 1 aliphatic rings. The van der Waals surface area contributed by atoms with Crippen molar-refractivity contribution in [1.82, 2.24) is 14.8 Å². The molecule has 0 bridgehead atoms. The van der Waals surface area contributed by atoms with Gasteiger partial charge in [0.2, 0.25) is 0 Å². The molecule has 2 aromatic heterocycles. The summed E-state index contributed by atoms with van der Waals surface area (Å²) in [6, 6.07) is 6.56. The number of nitrogens with zero attached hydrogens (tertiary/aromatic N) is 3. The van der Waals surface area contributed by atoms with E-state index in [0.717, 1.165) is 35.3 Å².